The van der Waals surface area contributed by atoms with Crippen LogP contribution in [0.4, 0.5) is 0 Å². The predicted octanol–water partition coefficient (Wildman–Crippen LogP) is 1.96. The molecule has 0 saturated heterocycles. The van der Waals surface area contributed by atoms with Crippen molar-refractivity contribution in [2.75, 3.05) is 17.6 Å². The van der Waals surface area contributed by atoms with Crippen LogP contribution in [0.25, 0.3) is 0 Å². The topological polar surface area (TPSA) is 46.2 Å². The molecule has 0 aromatic carbocycles. The quantitative estimate of drug-likeness (QED) is 0.763. The third-order valence-corrected chi connectivity index (χ3v) is 5.40. The lowest BCUT2D eigenvalue weighted by atomic mass is 10.3. The van der Waals surface area contributed by atoms with Crippen molar-refractivity contribution >= 4 is 25.8 Å². The van der Waals surface area contributed by atoms with Crippen LogP contribution in [0.5, 0.6) is 0 Å². The highest BCUT2D eigenvalue weighted by atomic mass is 79.9. The summed E-state index contributed by atoms with van der Waals surface area (Å²) in [6.07, 6.45) is 1.01. The van der Waals surface area contributed by atoms with Crippen LogP contribution in [0.3, 0.4) is 0 Å². The van der Waals surface area contributed by atoms with E-state index in [0.717, 1.165) is 11.8 Å². The van der Waals surface area contributed by atoms with E-state index in [1.807, 2.05) is 0 Å². The van der Waals surface area contributed by atoms with Gasteiger partial charge in [0.1, 0.15) is 0 Å². The average molecular weight is 300 g/mol. The number of nitrogens with one attached hydrogen (secondary N) is 1. The van der Waals surface area contributed by atoms with Crippen LogP contribution < -0.4 is 5.32 Å². The first kappa shape index (κ1) is 15.4. The van der Waals surface area contributed by atoms with Crippen LogP contribution >= 0.6 is 15.9 Å². The Hall–Kier alpha value is 0.390. The molecule has 0 aromatic rings. The Labute approximate surface area is 102 Å². The number of alkyl halides is 1. The molecular weight excluding hydrogens is 278 g/mol. The largest absolute Gasteiger partial charge is 0.313 e. The fourth-order valence-corrected chi connectivity index (χ4v) is 2.70. The molecule has 0 fully saturated rings. The van der Waals surface area contributed by atoms with E-state index in [-0.39, 0.29) is 5.75 Å². The van der Waals surface area contributed by atoms with Gasteiger partial charge in [0.2, 0.25) is 0 Å². The molecule has 1 N–H and O–H groups in total. The molecule has 5 heteroatoms. The number of halogens is 1. The molecule has 0 bridgehead atoms. The van der Waals surface area contributed by atoms with E-state index in [1.54, 1.807) is 20.8 Å². The summed E-state index contributed by atoms with van der Waals surface area (Å²) in [6.45, 7) is 7.82. The van der Waals surface area contributed by atoms with E-state index in [0.29, 0.717) is 12.6 Å². The number of rotatable bonds is 6. The normalized spacial score (nSPS) is 15.3. The van der Waals surface area contributed by atoms with E-state index in [9.17, 15) is 8.42 Å². The second-order valence-electron chi connectivity index (χ2n) is 4.76. The average Bonchev–Trinajstić information content (AvgIpc) is 2.01. The lowest BCUT2D eigenvalue weighted by molar-refractivity contribution is 0.535. The number of hydrogen-bond donors (Lipinski definition) is 1. The summed E-state index contributed by atoms with van der Waals surface area (Å²) >= 11 is 3.35. The van der Waals surface area contributed by atoms with Crippen LogP contribution in [-0.2, 0) is 9.84 Å². The van der Waals surface area contributed by atoms with Crippen LogP contribution in [-0.4, -0.2) is 36.8 Å². The number of sulfone groups is 1. The van der Waals surface area contributed by atoms with Crippen LogP contribution in [0.1, 0.15) is 34.1 Å². The Kier molecular flexibility index (Phi) is 6.37. The summed E-state index contributed by atoms with van der Waals surface area (Å²) < 4.78 is 22.8. The van der Waals surface area contributed by atoms with Gasteiger partial charge in [0, 0.05) is 17.9 Å². The minimum atomic E-state index is -2.98. The molecule has 0 aliphatic heterocycles. The van der Waals surface area contributed by atoms with Gasteiger partial charge in [0.25, 0.3) is 0 Å². The zero-order valence-electron chi connectivity index (χ0n) is 10.0. The second-order valence-corrected chi connectivity index (χ2v) is 8.42. The summed E-state index contributed by atoms with van der Waals surface area (Å²) in [5, 5.41) is 4.14. The Morgan fingerprint density at radius 2 is 1.87 bits per heavy atom. The van der Waals surface area contributed by atoms with Gasteiger partial charge in [-0.15, -0.1) is 0 Å². The highest BCUT2D eigenvalue weighted by Crippen LogP contribution is 2.15. The van der Waals surface area contributed by atoms with Crippen molar-refractivity contribution < 1.29 is 8.42 Å². The molecule has 1 unspecified atom stereocenters. The van der Waals surface area contributed by atoms with Crippen molar-refractivity contribution in [3.05, 3.63) is 0 Å². The minimum Gasteiger partial charge on any atom is -0.313 e. The van der Waals surface area contributed by atoms with Crippen molar-refractivity contribution in [1.29, 1.82) is 0 Å². The van der Waals surface area contributed by atoms with Crippen molar-refractivity contribution in [3.8, 4) is 0 Å². The first-order valence-corrected chi connectivity index (χ1v) is 7.99. The maximum Gasteiger partial charge on any atom is 0.156 e. The van der Waals surface area contributed by atoms with Gasteiger partial charge >= 0.3 is 0 Å². The maximum absolute atomic E-state index is 11.7. The third-order valence-electron chi connectivity index (χ3n) is 2.34. The molecule has 0 aromatic heterocycles. The zero-order valence-corrected chi connectivity index (χ0v) is 12.4. The molecule has 0 spiro atoms. The van der Waals surface area contributed by atoms with Gasteiger partial charge in [0.15, 0.2) is 9.84 Å². The fourth-order valence-electron chi connectivity index (χ4n) is 1.01. The lowest BCUT2D eigenvalue weighted by Crippen LogP contribution is -2.37. The highest BCUT2D eigenvalue weighted by Gasteiger charge is 2.28. The summed E-state index contributed by atoms with van der Waals surface area (Å²) in [5.41, 5.74) is 0. The third kappa shape index (κ3) is 5.88. The van der Waals surface area contributed by atoms with Crippen LogP contribution in [0.15, 0.2) is 0 Å². The molecule has 0 aliphatic carbocycles. The Bertz CT molecular complexity index is 270. The molecule has 0 amide bonds. The monoisotopic (exact) mass is 299 g/mol. The fraction of sp³-hybridized carbons (Fsp3) is 1.00. The van der Waals surface area contributed by atoms with Gasteiger partial charge in [0.05, 0.1) is 10.5 Å². The van der Waals surface area contributed by atoms with Crippen molar-refractivity contribution in [1.82, 2.24) is 5.32 Å². The van der Waals surface area contributed by atoms with Gasteiger partial charge in [-0.25, -0.2) is 8.42 Å². The summed E-state index contributed by atoms with van der Waals surface area (Å²) in [7, 11) is -2.98. The lowest BCUT2D eigenvalue weighted by Gasteiger charge is -2.20. The smallest absolute Gasteiger partial charge is 0.156 e. The molecule has 0 rings (SSSR count). The molecule has 1 atom stereocenters. The SMILES string of the molecule is CC(CCBr)NCCS(=O)(=O)C(C)(C)C. The summed E-state index contributed by atoms with van der Waals surface area (Å²) in [6, 6.07) is 0.361. The summed E-state index contributed by atoms with van der Waals surface area (Å²) in [5.74, 6) is 0.211. The van der Waals surface area contributed by atoms with Crippen LogP contribution in [0, 0.1) is 0 Å². The molecule has 0 saturated carbocycles. The first-order chi connectivity index (χ1) is 6.70. The molecule has 3 nitrogen and oxygen atoms in total. The van der Waals surface area contributed by atoms with Gasteiger partial charge < -0.3 is 5.32 Å². The zero-order chi connectivity index (χ0) is 12.1. The van der Waals surface area contributed by atoms with E-state index < -0.39 is 14.6 Å². The van der Waals surface area contributed by atoms with E-state index in [1.165, 1.54) is 0 Å². The Morgan fingerprint density at radius 1 is 1.33 bits per heavy atom. The molecule has 0 aliphatic rings. The predicted molar refractivity (Wildman–Crippen MR) is 69.4 cm³/mol. The van der Waals surface area contributed by atoms with E-state index in [2.05, 4.69) is 28.2 Å². The Balaban J connectivity index is 3.97. The second kappa shape index (κ2) is 6.21. The molecule has 0 heterocycles. The molecule has 15 heavy (non-hydrogen) atoms. The van der Waals surface area contributed by atoms with Crippen molar-refractivity contribution in [2.24, 2.45) is 0 Å². The summed E-state index contributed by atoms with van der Waals surface area (Å²) in [4.78, 5) is 0. The van der Waals surface area contributed by atoms with Gasteiger partial charge in [-0.05, 0) is 34.1 Å². The first-order valence-electron chi connectivity index (χ1n) is 5.22. The molecular formula is C10H22BrNO2S. The van der Waals surface area contributed by atoms with Crippen molar-refractivity contribution in [3.63, 3.8) is 0 Å². The van der Waals surface area contributed by atoms with Gasteiger partial charge in [-0.1, -0.05) is 15.9 Å². The maximum atomic E-state index is 11.7. The molecule has 92 valence electrons. The van der Waals surface area contributed by atoms with Gasteiger partial charge in [-0.3, -0.25) is 0 Å². The number of hydrogen-bond acceptors (Lipinski definition) is 3. The highest BCUT2D eigenvalue weighted by molar-refractivity contribution is 9.09. The van der Waals surface area contributed by atoms with E-state index in [4.69, 9.17) is 0 Å². The minimum absolute atomic E-state index is 0.211. The van der Waals surface area contributed by atoms with Crippen molar-refractivity contribution in [2.45, 2.75) is 44.9 Å². The molecule has 0 radical (unpaired) electrons. The van der Waals surface area contributed by atoms with Gasteiger partial charge in [-0.2, -0.15) is 0 Å². The van der Waals surface area contributed by atoms with E-state index >= 15 is 0 Å². The Morgan fingerprint density at radius 3 is 2.27 bits per heavy atom. The van der Waals surface area contributed by atoms with Crippen LogP contribution in [0.2, 0.25) is 0 Å². The standard InChI is InChI=1S/C10H22BrNO2S/c1-9(5-6-11)12-7-8-15(13,14)10(2,3)4/h9,12H,5-8H2,1-4H3.